The van der Waals surface area contributed by atoms with Gasteiger partial charge in [0, 0.05) is 53.8 Å². The van der Waals surface area contributed by atoms with E-state index in [-0.39, 0.29) is 18.4 Å². The summed E-state index contributed by atoms with van der Waals surface area (Å²) in [5.74, 6) is 0.0732. The Morgan fingerprint density at radius 3 is 2.72 bits per heavy atom. The zero-order valence-corrected chi connectivity index (χ0v) is 18.3. The monoisotopic (exact) mass is 447 g/mol. The molecule has 1 N–H and O–H groups in total. The van der Waals surface area contributed by atoms with Gasteiger partial charge in [-0.3, -0.25) is 19.9 Å². The Kier molecular flexibility index (Phi) is 5.64. The Morgan fingerprint density at radius 1 is 1.09 bits per heavy atom. The summed E-state index contributed by atoms with van der Waals surface area (Å²) in [4.78, 5) is 21.9. The molecule has 1 amide bonds. The molecule has 2 aromatic heterocycles. The molecule has 1 aliphatic heterocycles. The first kappa shape index (κ1) is 20.7. The number of rotatable bonds is 3. The Bertz CT molecular complexity index is 1190. The molecule has 1 saturated heterocycles. The van der Waals surface area contributed by atoms with Gasteiger partial charge in [0.15, 0.2) is 0 Å². The molecule has 0 radical (unpaired) electrons. The molecule has 1 unspecified atom stereocenters. The molecule has 1 aliphatic carbocycles. The summed E-state index contributed by atoms with van der Waals surface area (Å²) in [5.41, 5.74) is 5.20. The van der Waals surface area contributed by atoms with Gasteiger partial charge in [-0.2, -0.15) is 0 Å². The van der Waals surface area contributed by atoms with E-state index in [0.29, 0.717) is 18.1 Å². The number of pyridine rings is 2. The van der Waals surface area contributed by atoms with Crippen LogP contribution in [0.2, 0.25) is 5.02 Å². The molecule has 7 heteroatoms. The zero-order chi connectivity index (χ0) is 22.1. The first-order chi connectivity index (χ1) is 15.6. The predicted molar refractivity (Wildman–Crippen MR) is 122 cm³/mol. The molecule has 6 nitrogen and oxygen atoms in total. The van der Waals surface area contributed by atoms with Crippen molar-refractivity contribution in [1.29, 1.82) is 0 Å². The molecule has 0 spiro atoms. The van der Waals surface area contributed by atoms with Crippen molar-refractivity contribution in [2.75, 3.05) is 26.2 Å². The molecule has 32 heavy (non-hydrogen) atoms. The van der Waals surface area contributed by atoms with Gasteiger partial charge >= 0.3 is 0 Å². The highest BCUT2D eigenvalue weighted by molar-refractivity contribution is 6.30. The summed E-state index contributed by atoms with van der Waals surface area (Å²) in [7, 11) is 0. The van der Waals surface area contributed by atoms with Crippen LogP contribution in [0, 0.1) is 0 Å². The van der Waals surface area contributed by atoms with E-state index < -0.39 is 0 Å². The topological polar surface area (TPSA) is 60.6 Å². The second-order valence-corrected chi connectivity index (χ2v) is 8.61. The second-order valence-electron chi connectivity index (χ2n) is 8.17. The number of carbonyl (C=O) groups is 1. The number of amides is 1. The van der Waals surface area contributed by atoms with Crippen molar-refractivity contribution in [1.82, 2.24) is 14.8 Å². The number of piperazine rings is 1. The van der Waals surface area contributed by atoms with E-state index in [1.807, 2.05) is 35.4 Å². The number of aromatic nitrogens is 2. The number of carbonyl (C=O) groups excluding carboxylic acids is 1. The highest BCUT2D eigenvalue weighted by Gasteiger charge is 2.32. The van der Waals surface area contributed by atoms with Gasteiger partial charge in [0.05, 0.1) is 18.2 Å². The van der Waals surface area contributed by atoms with Gasteiger partial charge in [-0.05, 0) is 41.0 Å². The van der Waals surface area contributed by atoms with Crippen LogP contribution in [0.25, 0.3) is 12.2 Å². The molecule has 1 aromatic carbocycles. The molecule has 1 fully saturated rings. The van der Waals surface area contributed by atoms with Crippen LogP contribution in [-0.2, 0) is 11.2 Å². The number of hydrogen-bond donors (Lipinski definition) is 1. The van der Waals surface area contributed by atoms with Crippen molar-refractivity contribution in [2.24, 2.45) is 0 Å². The number of halogens is 1. The number of nitrogens with zero attached hydrogens (tertiary/aromatic N) is 4. The van der Waals surface area contributed by atoms with E-state index >= 15 is 0 Å². The fourth-order valence-electron chi connectivity index (χ4n) is 4.57. The highest BCUT2D eigenvalue weighted by Crippen LogP contribution is 2.37. The summed E-state index contributed by atoms with van der Waals surface area (Å²) >= 11 is 6.28. The van der Waals surface area contributed by atoms with Crippen molar-refractivity contribution in [3.8, 4) is 0 Å². The fraction of sp³-hybridized carbons (Fsp3) is 0.240. The molecule has 3 heterocycles. The standard InChI is InChI=1S/C25H24ClN4O2/c26-21-7-8-22-20(16-21)6-5-19-4-1-9-27-24(19)25(22)29-13-11-28(12-14-29)23(31)15-18-3-2-10-30(32)17-18/h1-10,16-17,25,32H,11-15H2/q+1. The summed E-state index contributed by atoms with van der Waals surface area (Å²) in [5, 5.41) is 10.3. The lowest BCUT2D eigenvalue weighted by Crippen LogP contribution is -2.50. The van der Waals surface area contributed by atoms with Crippen LogP contribution < -0.4 is 4.73 Å². The molecular weight excluding hydrogens is 424 g/mol. The third kappa shape index (κ3) is 4.11. The quantitative estimate of drug-likeness (QED) is 0.494. The van der Waals surface area contributed by atoms with Gasteiger partial charge in [0.1, 0.15) is 0 Å². The molecule has 1 atom stereocenters. The lowest BCUT2D eigenvalue weighted by Gasteiger charge is -2.39. The predicted octanol–water partition coefficient (Wildman–Crippen LogP) is 3.22. The third-order valence-electron chi connectivity index (χ3n) is 6.15. The van der Waals surface area contributed by atoms with E-state index in [1.165, 1.54) is 11.8 Å². The van der Waals surface area contributed by atoms with Crippen LogP contribution in [0.5, 0.6) is 0 Å². The first-order valence-electron chi connectivity index (χ1n) is 10.7. The smallest absolute Gasteiger partial charge is 0.227 e. The Morgan fingerprint density at radius 2 is 1.91 bits per heavy atom. The lowest BCUT2D eigenvalue weighted by atomic mass is 9.96. The van der Waals surface area contributed by atoms with Crippen molar-refractivity contribution in [3.05, 3.63) is 94.0 Å². The Labute approximate surface area is 192 Å². The van der Waals surface area contributed by atoms with Crippen LogP contribution in [0.1, 0.15) is 34.0 Å². The Hall–Kier alpha value is -3.22. The maximum atomic E-state index is 12.8. The number of benzene rings is 1. The van der Waals surface area contributed by atoms with Gasteiger partial charge in [0.25, 0.3) is 0 Å². The number of fused-ring (bicyclic) bond motifs is 2. The Balaban J connectivity index is 1.36. The minimum Gasteiger partial charge on any atom is -0.340 e. The molecular formula is C25H24ClN4O2+. The van der Waals surface area contributed by atoms with E-state index in [0.717, 1.165) is 40.2 Å². The van der Waals surface area contributed by atoms with Gasteiger partial charge < -0.3 is 4.90 Å². The van der Waals surface area contributed by atoms with Gasteiger partial charge in [0.2, 0.25) is 18.3 Å². The largest absolute Gasteiger partial charge is 0.340 e. The van der Waals surface area contributed by atoms with Crippen molar-refractivity contribution >= 4 is 29.7 Å². The normalized spacial score (nSPS) is 18.0. The maximum Gasteiger partial charge on any atom is 0.227 e. The van der Waals surface area contributed by atoms with Crippen LogP contribution in [0.15, 0.2) is 61.1 Å². The third-order valence-corrected chi connectivity index (χ3v) is 6.39. The van der Waals surface area contributed by atoms with Crippen LogP contribution in [0.4, 0.5) is 0 Å². The van der Waals surface area contributed by atoms with Crippen LogP contribution in [0.3, 0.4) is 0 Å². The zero-order valence-electron chi connectivity index (χ0n) is 17.6. The van der Waals surface area contributed by atoms with Crippen LogP contribution in [-0.4, -0.2) is 52.1 Å². The van der Waals surface area contributed by atoms with E-state index in [9.17, 15) is 10.0 Å². The maximum absolute atomic E-state index is 12.8. The minimum atomic E-state index is 0.00758. The highest BCUT2D eigenvalue weighted by atomic mass is 35.5. The summed E-state index contributed by atoms with van der Waals surface area (Å²) in [6.07, 6.45) is 9.43. The second kappa shape index (κ2) is 8.73. The van der Waals surface area contributed by atoms with Gasteiger partial charge in [-0.15, -0.1) is 0 Å². The van der Waals surface area contributed by atoms with Crippen molar-refractivity contribution in [2.45, 2.75) is 12.5 Å². The molecule has 0 bridgehead atoms. The summed E-state index contributed by atoms with van der Waals surface area (Å²) < 4.78 is 0.981. The van der Waals surface area contributed by atoms with E-state index in [1.54, 1.807) is 12.3 Å². The molecule has 3 aromatic rings. The fourth-order valence-corrected chi connectivity index (χ4v) is 4.75. The molecule has 0 saturated carbocycles. The van der Waals surface area contributed by atoms with Crippen molar-refractivity contribution in [3.63, 3.8) is 0 Å². The first-order valence-corrected chi connectivity index (χ1v) is 11.1. The molecule has 2 aliphatic rings. The average Bonchev–Trinajstić information content (AvgIpc) is 2.96. The van der Waals surface area contributed by atoms with Crippen LogP contribution >= 0.6 is 11.6 Å². The van der Waals surface area contributed by atoms with Gasteiger partial charge in [-0.1, -0.05) is 35.9 Å². The number of hydrogen-bond acceptors (Lipinski definition) is 4. The van der Waals surface area contributed by atoms with E-state index in [4.69, 9.17) is 16.6 Å². The van der Waals surface area contributed by atoms with Crippen molar-refractivity contribution < 1.29 is 14.7 Å². The SMILES string of the molecule is O=C(Cc1ccc[n+](O)c1)N1CCN(C2c3ccc(Cl)cc3C=Cc3cccnc32)CC1. The minimum absolute atomic E-state index is 0.00758. The lowest BCUT2D eigenvalue weighted by molar-refractivity contribution is -0.905. The van der Waals surface area contributed by atoms with E-state index in [2.05, 4.69) is 29.2 Å². The summed E-state index contributed by atoms with van der Waals surface area (Å²) in [6, 6.07) is 13.7. The average molecular weight is 448 g/mol. The van der Waals surface area contributed by atoms with Gasteiger partial charge in [-0.25, -0.2) is 0 Å². The molecule has 5 rings (SSSR count). The summed E-state index contributed by atoms with van der Waals surface area (Å²) in [6.45, 7) is 2.81. The molecule has 162 valence electrons.